The predicted octanol–water partition coefficient (Wildman–Crippen LogP) is 0.950. The van der Waals surface area contributed by atoms with Crippen LogP contribution in [0.25, 0.3) is 0 Å². The molecule has 10 heavy (non-hydrogen) atoms. The number of nitrogens with zero attached hydrogens (tertiary/aromatic N) is 2. The monoisotopic (exact) mass is 203 g/mol. The van der Waals surface area contributed by atoms with Gasteiger partial charge in [0.15, 0.2) is 0 Å². The Morgan fingerprint density at radius 3 is 2.50 bits per heavy atom. The SMILES string of the molecule is Cc1nn(C)c(CN)c1Br. The normalized spacial score (nSPS) is 10.4. The van der Waals surface area contributed by atoms with Crippen molar-refractivity contribution in [2.75, 3.05) is 0 Å². The standard InChI is InChI=1S/C6H10BrN3/c1-4-6(7)5(3-8)10(2)9-4/h3,8H2,1-2H3. The number of aromatic nitrogens is 2. The number of nitrogens with two attached hydrogens (primary N) is 1. The van der Waals surface area contributed by atoms with Gasteiger partial charge in [0.25, 0.3) is 0 Å². The summed E-state index contributed by atoms with van der Waals surface area (Å²) in [6.45, 7) is 2.47. The third-order valence-electron chi connectivity index (χ3n) is 1.45. The van der Waals surface area contributed by atoms with Gasteiger partial charge in [-0.15, -0.1) is 0 Å². The lowest BCUT2D eigenvalue weighted by Gasteiger charge is -1.95. The molecule has 1 heterocycles. The molecule has 0 unspecified atom stereocenters. The minimum absolute atomic E-state index is 0.526. The fourth-order valence-electron chi connectivity index (χ4n) is 0.902. The first-order chi connectivity index (χ1) is 4.66. The molecule has 1 rings (SSSR count). The van der Waals surface area contributed by atoms with Gasteiger partial charge < -0.3 is 5.73 Å². The van der Waals surface area contributed by atoms with Gasteiger partial charge in [0.05, 0.1) is 15.9 Å². The van der Waals surface area contributed by atoms with E-state index in [0.717, 1.165) is 15.9 Å². The molecule has 2 N–H and O–H groups in total. The summed E-state index contributed by atoms with van der Waals surface area (Å²) in [6, 6.07) is 0. The molecular formula is C6H10BrN3. The van der Waals surface area contributed by atoms with Gasteiger partial charge in [0.1, 0.15) is 0 Å². The first-order valence-electron chi connectivity index (χ1n) is 3.05. The lowest BCUT2D eigenvalue weighted by atomic mass is 10.4. The molecule has 0 bridgehead atoms. The summed E-state index contributed by atoms with van der Waals surface area (Å²) in [4.78, 5) is 0. The van der Waals surface area contributed by atoms with Crippen molar-refractivity contribution in [1.82, 2.24) is 9.78 Å². The highest BCUT2D eigenvalue weighted by Crippen LogP contribution is 2.18. The molecule has 0 saturated carbocycles. The van der Waals surface area contributed by atoms with Gasteiger partial charge in [-0.25, -0.2) is 0 Å². The highest BCUT2D eigenvalue weighted by Gasteiger charge is 2.07. The molecule has 1 aromatic heterocycles. The molecule has 0 aromatic carbocycles. The largest absolute Gasteiger partial charge is 0.325 e. The van der Waals surface area contributed by atoms with E-state index in [9.17, 15) is 0 Å². The molecular weight excluding hydrogens is 194 g/mol. The fraction of sp³-hybridized carbons (Fsp3) is 0.500. The van der Waals surface area contributed by atoms with E-state index < -0.39 is 0 Å². The molecule has 0 aliphatic rings. The van der Waals surface area contributed by atoms with Crippen LogP contribution in [0.5, 0.6) is 0 Å². The number of halogens is 1. The summed E-state index contributed by atoms with van der Waals surface area (Å²) >= 11 is 3.40. The molecule has 56 valence electrons. The van der Waals surface area contributed by atoms with E-state index in [0.29, 0.717) is 6.54 Å². The Morgan fingerprint density at radius 1 is 1.70 bits per heavy atom. The quantitative estimate of drug-likeness (QED) is 0.740. The van der Waals surface area contributed by atoms with Gasteiger partial charge in [-0.1, -0.05) is 0 Å². The average Bonchev–Trinajstić information content (AvgIpc) is 2.09. The topological polar surface area (TPSA) is 43.8 Å². The van der Waals surface area contributed by atoms with Crippen LogP contribution < -0.4 is 5.73 Å². The van der Waals surface area contributed by atoms with E-state index in [1.807, 2.05) is 14.0 Å². The first-order valence-corrected chi connectivity index (χ1v) is 3.84. The van der Waals surface area contributed by atoms with E-state index in [1.54, 1.807) is 4.68 Å². The van der Waals surface area contributed by atoms with Crippen molar-refractivity contribution in [1.29, 1.82) is 0 Å². The lowest BCUT2D eigenvalue weighted by Crippen LogP contribution is -2.04. The number of aryl methyl sites for hydroxylation is 2. The van der Waals surface area contributed by atoms with Gasteiger partial charge in [-0.3, -0.25) is 4.68 Å². The van der Waals surface area contributed by atoms with Crippen molar-refractivity contribution in [2.45, 2.75) is 13.5 Å². The zero-order chi connectivity index (χ0) is 7.72. The van der Waals surface area contributed by atoms with Gasteiger partial charge in [0, 0.05) is 13.6 Å². The molecule has 0 aliphatic carbocycles. The lowest BCUT2D eigenvalue weighted by molar-refractivity contribution is 0.705. The van der Waals surface area contributed by atoms with Crippen LogP contribution in [-0.4, -0.2) is 9.78 Å². The fourth-order valence-corrected chi connectivity index (χ4v) is 1.40. The maximum atomic E-state index is 5.47. The molecule has 0 amide bonds. The molecule has 0 spiro atoms. The van der Waals surface area contributed by atoms with Crippen LogP contribution in [0, 0.1) is 6.92 Å². The summed E-state index contributed by atoms with van der Waals surface area (Å²) in [7, 11) is 1.89. The first kappa shape index (κ1) is 7.75. The average molecular weight is 204 g/mol. The zero-order valence-electron chi connectivity index (χ0n) is 6.06. The molecule has 0 fully saturated rings. The summed E-state index contributed by atoms with van der Waals surface area (Å²) in [6.07, 6.45) is 0. The summed E-state index contributed by atoms with van der Waals surface area (Å²) in [5.41, 5.74) is 7.50. The highest BCUT2D eigenvalue weighted by atomic mass is 79.9. The summed E-state index contributed by atoms with van der Waals surface area (Å²) < 4.78 is 2.82. The predicted molar refractivity (Wildman–Crippen MR) is 43.5 cm³/mol. The Balaban J connectivity index is 3.20. The minimum atomic E-state index is 0.526. The van der Waals surface area contributed by atoms with E-state index in [4.69, 9.17) is 5.73 Å². The Kier molecular flexibility index (Phi) is 2.11. The summed E-state index contributed by atoms with van der Waals surface area (Å²) in [5, 5.41) is 4.17. The number of hydrogen-bond acceptors (Lipinski definition) is 2. The molecule has 0 aliphatic heterocycles. The minimum Gasteiger partial charge on any atom is -0.325 e. The Labute approximate surface area is 68.3 Å². The van der Waals surface area contributed by atoms with Crippen LogP contribution in [0.4, 0.5) is 0 Å². The zero-order valence-corrected chi connectivity index (χ0v) is 7.64. The smallest absolute Gasteiger partial charge is 0.0739 e. The van der Waals surface area contributed by atoms with E-state index in [1.165, 1.54) is 0 Å². The molecule has 0 radical (unpaired) electrons. The van der Waals surface area contributed by atoms with Crippen molar-refractivity contribution in [3.05, 3.63) is 15.9 Å². The van der Waals surface area contributed by atoms with Gasteiger partial charge in [0.2, 0.25) is 0 Å². The van der Waals surface area contributed by atoms with Crippen LogP contribution in [0.2, 0.25) is 0 Å². The van der Waals surface area contributed by atoms with Crippen LogP contribution in [-0.2, 0) is 13.6 Å². The second-order valence-corrected chi connectivity index (χ2v) is 2.97. The highest BCUT2D eigenvalue weighted by molar-refractivity contribution is 9.10. The maximum absolute atomic E-state index is 5.47. The number of hydrogen-bond donors (Lipinski definition) is 1. The van der Waals surface area contributed by atoms with Crippen LogP contribution in [0.1, 0.15) is 11.4 Å². The van der Waals surface area contributed by atoms with Gasteiger partial charge >= 0.3 is 0 Å². The second-order valence-electron chi connectivity index (χ2n) is 2.17. The molecule has 3 nitrogen and oxygen atoms in total. The van der Waals surface area contributed by atoms with Gasteiger partial charge in [-0.05, 0) is 22.9 Å². The van der Waals surface area contributed by atoms with Crippen LogP contribution in [0.15, 0.2) is 4.47 Å². The van der Waals surface area contributed by atoms with Crippen molar-refractivity contribution in [2.24, 2.45) is 12.8 Å². The van der Waals surface area contributed by atoms with E-state index >= 15 is 0 Å². The Hall–Kier alpha value is -0.350. The van der Waals surface area contributed by atoms with E-state index in [2.05, 4.69) is 21.0 Å². The van der Waals surface area contributed by atoms with Crippen molar-refractivity contribution in [3.63, 3.8) is 0 Å². The van der Waals surface area contributed by atoms with Crippen molar-refractivity contribution >= 4 is 15.9 Å². The van der Waals surface area contributed by atoms with E-state index in [-0.39, 0.29) is 0 Å². The molecule has 0 saturated heterocycles. The Bertz CT molecular complexity index is 241. The Morgan fingerprint density at radius 2 is 2.30 bits per heavy atom. The molecule has 1 aromatic rings. The van der Waals surface area contributed by atoms with Crippen LogP contribution >= 0.6 is 15.9 Å². The summed E-state index contributed by atoms with van der Waals surface area (Å²) in [5.74, 6) is 0. The molecule has 4 heteroatoms. The third-order valence-corrected chi connectivity index (χ3v) is 2.49. The van der Waals surface area contributed by atoms with Gasteiger partial charge in [-0.2, -0.15) is 5.10 Å². The number of rotatable bonds is 1. The molecule has 0 atom stereocenters. The van der Waals surface area contributed by atoms with Crippen molar-refractivity contribution in [3.8, 4) is 0 Å². The van der Waals surface area contributed by atoms with Crippen molar-refractivity contribution < 1.29 is 0 Å². The van der Waals surface area contributed by atoms with Crippen LogP contribution in [0.3, 0.4) is 0 Å². The maximum Gasteiger partial charge on any atom is 0.0739 e. The second kappa shape index (κ2) is 2.72. The third kappa shape index (κ3) is 1.09.